The van der Waals surface area contributed by atoms with E-state index in [1.54, 1.807) is 0 Å². The largest absolute Gasteiger partial charge is 0.345 e. The Labute approximate surface area is 155 Å². The van der Waals surface area contributed by atoms with Crippen LogP contribution in [0.3, 0.4) is 0 Å². The van der Waals surface area contributed by atoms with E-state index in [2.05, 4.69) is 12.2 Å². The summed E-state index contributed by atoms with van der Waals surface area (Å²) in [5, 5.41) is 4.43. The van der Waals surface area contributed by atoms with Crippen molar-refractivity contribution < 1.29 is 8.42 Å². The fourth-order valence-corrected chi connectivity index (χ4v) is 5.49. The number of nitrogens with one attached hydrogen (secondary N) is 1. The van der Waals surface area contributed by atoms with Crippen LogP contribution in [0.2, 0.25) is 5.02 Å². The van der Waals surface area contributed by atoms with Crippen LogP contribution in [0.15, 0.2) is 12.1 Å². The number of aryl methyl sites for hydroxylation is 2. The van der Waals surface area contributed by atoms with Crippen LogP contribution in [0.1, 0.15) is 37.3 Å². The molecule has 1 N–H and O–H groups in total. The number of benzene rings is 1. The van der Waals surface area contributed by atoms with Crippen molar-refractivity contribution in [1.82, 2.24) is 4.90 Å². The number of nitrogens with zero attached hydrogens (tertiary/aromatic N) is 1. The standard InChI is InChI=1S/C17H25ClN2O2S2/c1-4-5-7-20(14-6-8-24(21,22)11-14)17(23)19-16-13(3)9-12(2)10-15(16)18/h9-10,14H,4-8,11H2,1-3H3,(H,19,23)/t14-/m1/s1. The Kier molecular flexibility index (Phi) is 6.51. The summed E-state index contributed by atoms with van der Waals surface area (Å²) in [7, 11) is -2.95. The molecule has 1 aliphatic rings. The van der Waals surface area contributed by atoms with Gasteiger partial charge in [-0.25, -0.2) is 8.42 Å². The Morgan fingerprint density at radius 2 is 2.12 bits per heavy atom. The number of unbranched alkanes of at least 4 members (excludes halogenated alkanes) is 1. The van der Waals surface area contributed by atoms with Crippen LogP contribution in [-0.4, -0.2) is 42.5 Å². The maximum absolute atomic E-state index is 11.8. The van der Waals surface area contributed by atoms with Gasteiger partial charge in [0.1, 0.15) is 0 Å². The average molecular weight is 389 g/mol. The molecule has 2 rings (SSSR count). The van der Waals surface area contributed by atoms with Gasteiger partial charge in [-0.2, -0.15) is 0 Å². The summed E-state index contributed by atoms with van der Waals surface area (Å²) < 4.78 is 23.7. The lowest BCUT2D eigenvalue weighted by molar-refractivity contribution is 0.333. The number of sulfone groups is 1. The van der Waals surface area contributed by atoms with Crippen molar-refractivity contribution in [2.45, 2.75) is 46.1 Å². The minimum atomic E-state index is -2.95. The molecule has 24 heavy (non-hydrogen) atoms. The molecular weight excluding hydrogens is 364 g/mol. The predicted molar refractivity (Wildman–Crippen MR) is 106 cm³/mol. The Bertz CT molecular complexity index is 696. The first kappa shape index (κ1) is 19.5. The van der Waals surface area contributed by atoms with Crippen LogP contribution < -0.4 is 5.32 Å². The molecule has 0 saturated carbocycles. The summed E-state index contributed by atoms with van der Waals surface area (Å²) in [6.45, 7) is 6.85. The van der Waals surface area contributed by atoms with Gasteiger partial charge >= 0.3 is 0 Å². The lowest BCUT2D eigenvalue weighted by atomic mass is 10.1. The molecule has 1 fully saturated rings. The van der Waals surface area contributed by atoms with Gasteiger partial charge in [-0.3, -0.25) is 0 Å². The van der Waals surface area contributed by atoms with E-state index in [1.807, 2.05) is 30.9 Å². The fourth-order valence-electron chi connectivity index (χ4n) is 3.05. The van der Waals surface area contributed by atoms with E-state index in [4.69, 9.17) is 23.8 Å². The quantitative estimate of drug-likeness (QED) is 0.774. The molecule has 1 heterocycles. The summed E-state index contributed by atoms with van der Waals surface area (Å²) >= 11 is 12.0. The first-order valence-corrected chi connectivity index (χ1v) is 10.9. The summed E-state index contributed by atoms with van der Waals surface area (Å²) in [5.41, 5.74) is 2.92. The molecular formula is C17H25ClN2O2S2. The van der Waals surface area contributed by atoms with Gasteiger partial charge in [-0.1, -0.05) is 31.0 Å². The fraction of sp³-hybridized carbons (Fsp3) is 0.588. The minimum Gasteiger partial charge on any atom is -0.345 e. The van der Waals surface area contributed by atoms with Crippen molar-refractivity contribution in [3.63, 3.8) is 0 Å². The molecule has 7 heteroatoms. The van der Waals surface area contributed by atoms with Crippen LogP contribution in [-0.2, 0) is 9.84 Å². The molecule has 1 aromatic rings. The summed E-state index contributed by atoms with van der Waals surface area (Å²) in [4.78, 5) is 2.03. The third-order valence-corrected chi connectivity index (χ3v) is 6.71. The highest BCUT2D eigenvalue weighted by Gasteiger charge is 2.33. The highest BCUT2D eigenvalue weighted by Crippen LogP contribution is 2.28. The van der Waals surface area contributed by atoms with Gasteiger partial charge in [0.15, 0.2) is 14.9 Å². The van der Waals surface area contributed by atoms with Gasteiger partial charge in [0.05, 0.1) is 22.2 Å². The zero-order chi connectivity index (χ0) is 17.9. The number of rotatable bonds is 5. The molecule has 134 valence electrons. The van der Waals surface area contributed by atoms with Crippen LogP contribution in [0, 0.1) is 13.8 Å². The second kappa shape index (κ2) is 8.02. The van der Waals surface area contributed by atoms with Crippen molar-refractivity contribution in [3.05, 3.63) is 28.3 Å². The third-order valence-electron chi connectivity index (χ3n) is 4.33. The second-order valence-electron chi connectivity index (χ2n) is 6.47. The average Bonchev–Trinajstić information content (AvgIpc) is 2.83. The third kappa shape index (κ3) is 4.83. The molecule has 0 spiro atoms. The summed E-state index contributed by atoms with van der Waals surface area (Å²) in [6, 6.07) is 3.90. The molecule has 1 saturated heterocycles. The Hall–Kier alpha value is -0.850. The summed E-state index contributed by atoms with van der Waals surface area (Å²) in [6.07, 6.45) is 2.64. The molecule has 4 nitrogen and oxygen atoms in total. The molecule has 0 bridgehead atoms. The topological polar surface area (TPSA) is 49.4 Å². The molecule has 1 aromatic carbocycles. The molecule has 0 aromatic heterocycles. The Balaban J connectivity index is 2.19. The smallest absolute Gasteiger partial charge is 0.173 e. The number of hydrogen-bond acceptors (Lipinski definition) is 3. The Morgan fingerprint density at radius 3 is 2.67 bits per heavy atom. The first-order chi connectivity index (χ1) is 11.2. The molecule has 0 aliphatic carbocycles. The van der Waals surface area contributed by atoms with Gasteiger partial charge in [-0.15, -0.1) is 0 Å². The molecule has 0 unspecified atom stereocenters. The predicted octanol–water partition coefficient (Wildman–Crippen LogP) is 3.94. The van der Waals surface area contributed by atoms with Gasteiger partial charge in [0.25, 0.3) is 0 Å². The zero-order valence-corrected chi connectivity index (χ0v) is 16.8. The number of hydrogen-bond donors (Lipinski definition) is 1. The maximum atomic E-state index is 11.8. The summed E-state index contributed by atoms with van der Waals surface area (Å²) in [5.74, 6) is 0.423. The van der Waals surface area contributed by atoms with E-state index < -0.39 is 9.84 Å². The SMILES string of the molecule is CCCCN(C(=S)Nc1c(C)cc(C)cc1Cl)[C@@H]1CCS(=O)(=O)C1. The molecule has 0 radical (unpaired) electrons. The van der Waals surface area contributed by atoms with E-state index >= 15 is 0 Å². The first-order valence-electron chi connectivity index (χ1n) is 8.28. The minimum absolute atomic E-state index is 0.0499. The van der Waals surface area contributed by atoms with Gasteiger partial charge in [0.2, 0.25) is 0 Å². The van der Waals surface area contributed by atoms with E-state index in [0.717, 1.165) is 36.2 Å². The van der Waals surface area contributed by atoms with Crippen LogP contribution in [0.5, 0.6) is 0 Å². The normalized spacial score (nSPS) is 19.2. The van der Waals surface area contributed by atoms with E-state index in [0.29, 0.717) is 16.6 Å². The number of halogens is 1. The molecule has 1 aliphatic heterocycles. The van der Waals surface area contributed by atoms with Gasteiger partial charge < -0.3 is 10.2 Å². The van der Waals surface area contributed by atoms with Crippen LogP contribution >= 0.6 is 23.8 Å². The molecule has 1 atom stereocenters. The van der Waals surface area contributed by atoms with Crippen molar-refractivity contribution in [2.75, 3.05) is 23.4 Å². The lowest BCUT2D eigenvalue weighted by Crippen LogP contribution is -2.44. The van der Waals surface area contributed by atoms with E-state index in [1.165, 1.54) is 0 Å². The van der Waals surface area contributed by atoms with Crippen molar-refractivity contribution >= 4 is 44.5 Å². The monoisotopic (exact) mass is 388 g/mol. The van der Waals surface area contributed by atoms with Gasteiger partial charge in [0, 0.05) is 12.6 Å². The van der Waals surface area contributed by atoms with Gasteiger partial charge in [-0.05, 0) is 56.1 Å². The maximum Gasteiger partial charge on any atom is 0.173 e. The number of anilines is 1. The number of thiocarbonyl (C=S) groups is 1. The van der Waals surface area contributed by atoms with E-state index in [9.17, 15) is 8.42 Å². The van der Waals surface area contributed by atoms with Crippen LogP contribution in [0.25, 0.3) is 0 Å². The van der Waals surface area contributed by atoms with Crippen molar-refractivity contribution in [3.8, 4) is 0 Å². The van der Waals surface area contributed by atoms with Crippen molar-refractivity contribution in [2.24, 2.45) is 0 Å². The van der Waals surface area contributed by atoms with Crippen molar-refractivity contribution in [1.29, 1.82) is 0 Å². The van der Waals surface area contributed by atoms with E-state index in [-0.39, 0.29) is 17.5 Å². The highest BCUT2D eigenvalue weighted by molar-refractivity contribution is 7.91. The second-order valence-corrected chi connectivity index (χ2v) is 9.50. The molecule has 0 amide bonds. The zero-order valence-electron chi connectivity index (χ0n) is 14.4. The Morgan fingerprint density at radius 1 is 1.42 bits per heavy atom. The highest BCUT2D eigenvalue weighted by atomic mass is 35.5. The van der Waals surface area contributed by atoms with Crippen LogP contribution in [0.4, 0.5) is 5.69 Å². The lowest BCUT2D eigenvalue weighted by Gasteiger charge is -2.31.